The molecule has 0 aliphatic heterocycles. The smallest absolute Gasteiger partial charge is 0.268 e. The number of nitrogens with one attached hydrogen (secondary N) is 4. The fourth-order valence-electron chi connectivity index (χ4n) is 3.62. The van der Waals surface area contributed by atoms with E-state index in [9.17, 15) is 9.59 Å². The van der Waals surface area contributed by atoms with Gasteiger partial charge < -0.3 is 14.9 Å². The average Bonchev–Trinajstić information content (AvgIpc) is 3.25. The van der Waals surface area contributed by atoms with Crippen molar-refractivity contribution in [1.29, 1.82) is 0 Å². The third kappa shape index (κ3) is 4.62. The zero-order valence-electron chi connectivity index (χ0n) is 16.9. The van der Waals surface area contributed by atoms with Crippen molar-refractivity contribution in [3.63, 3.8) is 0 Å². The fourth-order valence-corrected chi connectivity index (χ4v) is 3.74. The SMILES string of the molecule is Cc1[nH][nH]c(=O)c1C(c1cccc(OCc2ccc(Cl)cc2)c1)c1c(C)[nH][nH]c1=O.Cl. The number of aromatic nitrogens is 4. The van der Waals surface area contributed by atoms with Crippen molar-refractivity contribution >= 4 is 24.0 Å². The molecule has 162 valence electrons. The molecule has 2 aromatic heterocycles. The standard InChI is InChI=1S/C22H21ClN4O3.ClH/c1-12-18(21(28)26-24-12)20(19-13(2)25-27-22(19)29)15-4-3-5-17(10-15)30-11-14-6-8-16(23)9-7-14;/h3-10,20H,11H2,1-2H3,(H2,24,26,28)(H2,25,27,29);1H. The lowest BCUT2D eigenvalue weighted by Gasteiger charge is -2.17. The molecule has 0 radical (unpaired) electrons. The van der Waals surface area contributed by atoms with E-state index in [1.807, 2.05) is 48.5 Å². The highest BCUT2D eigenvalue weighted by Gasteiger charge is 2.28. The number of benzene rings is 2. The number of ether oxygens (including phenoxy) is 1. The van der Waals surface area contributed by atoms with Crippen LogP contribution in [0.2, 0.25) is 5.02 Å². The van der Waals surface area contributed by atoms with Gasteiger partial charge in [0.05, 0.1) is 11.1 Å². The van der Waals surface area contributed by atoms with Crippen LogP contribution in [0.3, 0.4) is 0 Å². The van der Waals surface area contributed by atoms with Gasteiger partial charge in [0.15, 0.2) is 0 Å². The molecule has 0 unspecified atom stereocenters. The van der Waals surface area contributed by atoms with Gasteiger partial charge in [-0.3, -0.25) is 19.8 Å². The van der Waals surface area contributed by atoms with Gasteiger partial charge in [-0.2, -0.15) is 0 Å². The van der Waals surface area contributed by atoms with Crippen molar-refractivity contribution in [2.75, 3.05) is 0 Å². The maximum atomic E-state index is 12.5. The van der Waals surface area contributed by atoms with E-state index in [1.54, 1.807) is 13.8 Å². The van der Waals surface area contributed by atoms with Crippen LogP contribution in [-0.2, 0) is 6.61 Å². The van der Waals surface area contributed by atoms with E-state index in [0.29, 0.717) is 39.9 Å². The maximum absolute atomic E-state index is 12.5. The van der Waals surface area contributed by atoms with Crippen LogP contribution in [0.15, 0.2) is 58.1 Å². The van der Waals surface area contributed by atoms with Gasteiger partial charge in [0.1, 0.15) is 12.4 Å². The molecule has 0 atom stereocenters. The molecular formula is C22H22Cl2N4O3. The van der Waals surface area contributed by atoms with Crippen molar-refractivity contribution in [2.24, 2.45) is 0 Å². The third-order valence-corrected chi connectivity index (χ3v) is 5.36. The van der Waals surface area contributed by atoms with E-state index < -0.39 is 5.92 Å². The summed E-state index contributed by atoms with van der Waals surface area (Å²) in [6.45, 7) is 3.98. The number of aromatic amines is 4. The van der Waals surface area contributed by atoms with Crippen LogP contribution < -0.4 is 15.9 Å². The van der Waals surface area contributed by atoms with Crippen LogP contribution in [-0.4, -0.2) is 20.4 Å². The highest BCUT2D eigenvalue weighted by atomic mass is 35.5. The highest BCUT2D eigenvalue weighted by Crippen LogP contribution is 2.32. The molecule has 4 rings (SSSR count). The molecule has 0 spiro atoms. The molecule has 4 aromatic rings. The zero-order valence-corrected chi connectivity index (χ0v) is 18.5. The molecule has 0 aliphatic rings. The Kier molecular flexibility index (Phi) is 6.77. The number of aryl methyl sites for hydroxylation is 2. The Morgan fingerprint density at radius 2 is 1.45 bits per heavy atom. The van der Waals surface area contributed by atoms with Gasteiger partial charge in [-0.05, 0) is 49.2 Å². The fraction of sp³-hybridized carbons (Fsp3) is 0.182. The summed E-state index contributed by atoms with van der Waals surface area (Å²) >= 11 is 5.93. The molecule has 0 fully saturated rings. The molecule has 9 heteroatoms. The summed E-state index contributed by atoms with van der Waals surface area (Å²) in [6, 6.07) is 14.9. The predicted molar refractivity (Wildman–Crippen MR) is 123 cm³/mol. The lowest BCUT2D eigenvalue weighted by Crippen LogP contribution is -2.20. The van der Waals surface area contributed by atoms with E-state index in [1.165, 1.54) is 0 Å². The normalized spacial score (nSPS) is 10.8. The lowest BCUT2D eigenvalue weighted by atomic mass is 9.85. The summed E-state index contributed by atoms with van der Waals surface area (Å²) < 4.78 is 5.95. The first-order chi connectivity index (χ1) is 14.4. The molecule has 4 N–H and O–H groups in total. The monoisotopic (exact) mass is 460 g/mol. The molecule has 0 aliphatic carbocycles. The number of H-pyrrole nitrogens is 4. The Bertz CT molecular complexity index is 1230. The van der Waals surface area contributed by atoms with Gasteiger partial charge in [0.2, 0.25) is 0 Å². The molecule has 2 aromatic carbocycles. The zero-order chi connectivity index (χ0) is 21.3. The van der Waals surface area contributed by atoms with Crippen LogP contribution in [0, 0.1) is 13.8 Å². The van der Waals surface area contributed by atoms with E-state index in [0.717, 1.165) is 11.1 Å². The Morgan fingerprint density at radius 1 is 0.871 bits per heavy atom. The minimum absolute atomic E-state index is 0. The minimum atomic E-state index is -0.547. The summed E-state index contributed by atoms with van der Waals surface area (Å²) in [4.78, 5) is 25.1. The first-order valence-electron chi connectivity index (χ1n) is 9.45. The van der Waals surface area contributed by atoms with Crippen LogP contribution >= 0.6 is 24.0 Å². The Morgan fingerprint density at radius 3 is 1.97 bits per heavy atom. The van der Waals surface area contributed by atoms with Crippen molar-refractivity contribution in [1.82, 2.24) is 20.4 Å². The van der Waals surface area contributed by atoms with E-state index in [2.05, 4.69) is 20.4 Å². The summed E-state index contributed by atoms with van der Waals surface area (Å²) in [7, 11) is 0. The van der Waals surface area contributed by atoms with Crippen molar-refractivity contribution in [3.05, 3.63) is 108 Å². The van der Waals surface area contributed by atoms with Gasteiger partial charge in [0, 0.05) is 22.3 Å². The number of halogens is 2. The van der Waals surface area contributed by atoms with Crippen molar-refractivity contribution in [2.45, 2.75) is 26.4 Å². The van der Waals surface area contributed by atoms with E-state index in [4.69, 9.17) is 16.3 Å². The number of hydrogen-bond donors (Lipinski definition) is 4. The average molecular weight is 461 g/mol. The maximum Gasteiger partial charge on any atom is 0.268 e. The van der Waals surface area contributed by atoms with Gasteiger partial charge in [0.25, 0.3) is 11.1 Å². The molecule has 2 heterocycles. The molecule has 0 saturated heterocycles. The Balaban J connectivity index is 0.00000272. The van der Waals surface area contributed by atoms with Crippen LogP contribution in [0.25, 0.3) is 0 Å². The largest absolute Gasteiger partial charge is 0.489 e. The second kappa shape index (κ2) is 9.32. The van der Waals surface area contributed by atoms with Gasteiger partial charge >= 0.3 is 0 Å². The second-order valence-corrected chi connectivity index (χ2v) is 7.59. The molecular weight excluding hydrogens is 439 g/mol. The van der Waals surface area contributed by atoms with Crippen molar-refractivity contribution in [3.8, 4) is 5.75 Å². The van der Waals surface area contributed by atoms with Crippen LogP contribution in [0.5, 0.6) is 5.75 Å². The molecule has 7 nitrogen and oxygen atoms in total. The van der Waals surface area contributed by atoms with Gasteiger partial charge in [-0.1, -0.05) is 35.9 Å². The van der Waals surface area contributed by atoms with E-state index >= 15 is 0 Å². The first-order valence-corrected chi connectivity index (χ1v) is 9.83. The number of rotatable bonds is 6. The predicted octanol–water partition coefficient (Wildman–Crippen LogP) is 4.17. The molecule has 0 saturated carbocycles. The van der Waals surface area contributed by atoms with Crippen molar-refractivity contribution < 1.29 is 4.74 Å². The summed E-state index contributed by atoms with van der Waals surface area (Å²) in [5, 5.41) is 11.6. The minimum Gasteiger partial charge on any atom is -0.489 e. The molecule has 0 bridgehead atoms. The summed E-state index contributed by atoms with van der Waals surface area (Å²) in [6.07, 6.45) is 0. The highest BCUT2D eigenvalue weighted by molar-refractivity contribution is 6.30. The van der Waals surface area contributed by atoms with Crippen LogP contribution in [0.4, 0.5) is 0 Å². The Labute approximate surface area is 189 Å². The third-order valence-electron chi connectivity index (χ3n) is 5.11. The second-order valence-electron chi connectivity index (χ2n) is 7.16. The molecule has 0 amide bonds. The van der Waals surface area contributed by atoms with Gasteiger partial charge in [-0.25, -0.2) is 0 Å². The van der Waals surface area contributed by atoms with Crippen LogP contribution in [0.1, 0.15) is 39.6 Å². The van der Waals surface area contributed by atoms with E-state index in [-0.39, 0.29) is 23.5 Å². The van der Waals surface area contributed by atoms with Gasteiger partial charge in [-0.15, -0.1) is 12.4 Å². The first kappa shape index (κ1) is 22.5. The lowest BCUT2D eigenvalue weighted by molar-refractivity contribution is 0.306. The summed E-state index contributed by atoms with van der Waals surface area (Å²) in [5.74, 6) is 0.0933. The number of hydrogen-bond acceptors (Lipinski definition) is 3. The topological polar surface area (TPSA) is 107 Å². The summed E-state index contributed by atoms with van der Waals surface area (Å²) in [5.41, 5.74) is 3.60. The molecule has 31 heavy (non-hydrogen) atoms. The Hall–Kier alpha value is -3.16. The quantitative estimate of drug-likeness (QED) is 0.346.